The first-order valence-corrected chi connectivity index (χ1v) is 7.25. The molecule has 1 aromatic heterocycles. The van der Waals surface area contributed by atoms with E-state index in [1.165, 1.54) is 0 Å². The molecular weight excluding hydrogens is 242 g/mol. The zero-order valence-electron chi connectivity index (χ0n) is 12.2. The van der Waals surface area contributed by atoms with Crippen molar-refractivity contribution < 1.29 is 9.26 Å². The van der Waals surface area contributed by atoms with Gasteiger partial charge in [0.2, 0.25) is 11.7 Å². The van der Waals surface area contributed by atoms with E-state index in [2.05, 4.69) is 10.1 Å². The Balaban J connectivity index is 2.01. The molecule has 108 valence electrons. The summed E-state index contributed by atoms with van der Waals surface area (Å²) in [5.41, 5.74) is 5.23. The lowest BCUT2D eigenvalue weighted by Gasteiger charge is -2.25. The third-order valence-corrected chi connectivity index (χ3v) is 4.01. The molecule has 1 aromatic rings. The second-order valence-corrected chi connectivity index (χ2v) is 5.85. The minimum Gasteiger partial charge on any atom is -0.368 e. The standard InChI is InChI=1S/C14H25N3O2/c1-4-18-14(2,3)13-16-12(19-17-13)11-7-5-10(9-15)6-8-11/h10-11H,4-9,15H2,1-3H3. The fraction of sp³-hybridized carbons (Fsp3) is 0.857. The molecule has 0 aromatic carbocycles. The first kappa shape index (κ1) is 14.5. The van der Waals surface area contributed by atoms with Gasteiger partial charge >= 0.3 is 0 Å². The summed E-state index contributed by atoms with van der Waals surface area (Å²) in [6.45, 7) is 7.33. The van der Waals surface area contributed by atoms with Crippen molar-refractivity contribution in [2.45, 2.75) is 58.0 Å². The Morgan fingerprint density at radius 1 is 1.32 bits per heavy atom. The fourth-order valence-electron chi connectivity index (χ4n) is 2.72. The second-order valence-electron chi connectivity index (χ2n) is 5.85. The minimum atomic E-state index is -0.481. The van der Waals surface area contributed by atoms with E-state index < -0.39 is 5.60 Å². The van der Waals surface area contributed by atoms with Gasteiger partial charge in [-0.1, -0.05) is 5.16 Å². The van der Waals surface area contributed by atoms with Gasteiger partial charge in [-0.3, -0.25) is 0 Å². The van der Waals surface area contributed by atoms with E-state index in [-0.39, 0.29) is 0 Å². The van der Waals surface area contributed by atoms with Gasteiger partial charge in [0.1, 0.15) is 5.60 Å². The molecule has 2 rings (SSSR count). The third kappa shape index (κ3) is 3.34. The Kier molecular flexibility index (Phi) is 4.58. The molecule has 0 radical (unpaired) electrons. The number of ether oxygens (including phenoxy) is 1. The molecule has 0 bridgehead atoms. The lowest BCUT2D eigenvalue weighted by Crippen LogP contribution is -2.23. The maximum atomic E-state index is 5.71. The van der Waals surface area contributed by atoms with Crippen molar-refractivity contribution in [1.82, 2.24) is 10.1 Å². The number of nitrogens with two attached hydrogens (primary N) is 1. The summed E-state index contributed by atoms with van der Waals surface area (Å²) in [6, 6.07) is 0. The molecule has 2 N–H and O–H groups in total. The topological polar surface area (TPSA) is 74.2 Å². The van der Waals surface area contributed by atoms with Gasteiger partial charge < -0.3 is 15.0 Å². The van der Waals surface area contributed by atoms with Crippen LogP contribution in [0.5, 0.6) is 0 Å². The Bertz CT molecular complexity index is 395. The van der Waals surface area contributed by atoms with E-state index in [4.69, 9.17) is 15.0 Å². The van der Waals surface area contributed by atoms with Crippen molar-refractivity contribution in [3.8, 4) is 0 Å². The van der Waals surface area contributed by atoms with Gasteiger partial charge in [0.25, 0.3) is 0 Å². The van der Waals surface area contributed by atoms with Crippen LogP contribution in [0.1, 0.15) is 64.1 Å². The van der Waals surface area contributed by atoms with Crippen molar-refractivity contribution in [3.63, 3.8) is 0 Å². The summed E-state index contributed by atoms with van der Waals surface area (Å²) < 4.78 is 11.1. The van der Waals surface area contributed by atoms with Gasteiger partial charge in [0.15, 0.2) is 0 Å². The molecule has 5 heteroatoms. The Hall–Kier alpha value is -0.940. The van der Waals surface area contributed by atoms with Gasteiger partial charge in [-0.2, -0.15) is 4.98 Å². The maximum Gasteiger partial charge on any atom is 0.229 e. The molecule has 5 nitrogen and oxygen atoms in total. The first-order chi connectivity index (χ1) is 9.06. The average Bonchev–Trinajstić information content (AvgIpc) is 2.89. The summed E-state index contributed by atoms with van der Waals surface area (Å²) in [7, 11) is 0. The highest BCUT2D eigenvalue weighted by atomic mass is 16.5. The minimum absolute atomic E-state index is 0.390. The molecule has 0 saturated heterocycles. The largest absolute Gasteiger partial charge is 0.368 e. The van der Waals surface area contributed by atoms with Crippen molar-refractivity contribution in [1.29, 1.82) is 0 Å². The number of aromatic nitrogens is 2. The summed E-state index contributed by atoms with van der Waals surface area (Å²) >= 11 is 0. The van der Waals surface area contributed by atoms with Gasteiger partial charge in [-0.25, -0.2) is 0 Å². The Labute approximate surface area is 114 Å². The predicted molar refractivity (Wildman–Crippen MR) is 72.7 cm³/mol. The molecule has 1 aliphatic carbocycles. The normalized spacial score (nSPS) is 24.6. The van der Waals surface area contributed by atoms with Crippen LogP contribution in [0.4, 0.5) is 0 Å². The van der Waals surface area contributed by atoms with Gasteiger partial charge in [-0.15, -0.1) is 0 Å². The van der Waals surface area contributed by atoms with Crippen LogP contribution >= 0.6 is 0 Å². The highest BCUT2D eigenvalue weighted by molar-refractivity contribution is 5.01. The summed E-state index contributed by atoms with van der Waals surface area (Å²) in [5.74, 6) is 2.46. The zero-order chi connectivity index (χ0) is 13.9. The molecule has 0 unspecified atom stereocenters. The van der Waals surface area contributed by atoms with E-state index in [0.29, 0.717) is 24.3 Å². The lowest BCUT2D eigenvalue weighted by molar-refractivity contribution is -0.0221. The maximum absolute atomic E-state index is 5.71. The summed E-state index contributed by atoms with van der Waals surface area (Å²) in [5, 5.41) is 4.09. The van der Waals surface area contributed by atoms with Crippen LogP contribution in [-0.4, -0.2) is 23.3 Å². The monoisotopic (exact) mass is 267 g/mol. The molecule has 1 saturated carbocycles. The summed E-state index contributed by atoms with van der Waals surface area (Å²) in [6.07, 6.45) is 4.51. The summed E-state index contributed by atoms with van der Waals surface area (Å²) in [4.78, 5) is 4.54. The predicted octanol–water partition coefficient (Wildman–Crippen LogP) is 2.57. The van der Waals surface area contributed by atoms with Crippen LogP contribution in [0.3, 0.4) is 0 Å². The van der Waals surface area contributed by atoms with Gasteiger partial charge in [-0.05, 0) is 58.9 Å². The molecule has 1 fully saturated rings. The first-order valence-electron chi connectivity index (χ1n) is 7.25. The van der Waals surface area contributed by atoms with Crippen LogP contribution < -0.4 is 5.73 Å². The molecule has 1 aliphatic rings. The van der Waals surface area contributed by atoms with Crippen LogP contribution in [0.15, 0.2) is 4.52 Å². The molecule has 0 spiro atoms. The fourth-order valence-corrected chi connectivity index (χ4v) is 2.72. The highest BCUT2D eigenvalue weighted by Gasteiger charge is 2.30. The number of nitrogens with zero attached hydrogens (tertiary/aromatic N) is 2. The molecule has 0 amide bonds. The zero-order valence-corrected chi connectivity index (χ0v) is 12.2. The number of hydrogen-bond donors (Lipinski definition) is 1. The highest BCUT2D eigenvalue weighted by Crippen LogP contribution is 2.35. The second kappa shape index (κ2) is 6.01. The average molecular weight is 267 g/mol. The van der Waals surface area contributed by atoms with Crippen LogP contribution in [-0.2, 0) is 10.3 Å². The van der Waals surface area contributed by atoms with Crippen molar-refractivity contribution in [2.75, 3.05) is 13.2 Å². The molecular formula is C14H25N3O2. The van der Waals surface area contributed by atoms with Crippen molar-refractivity contribution in [2.24, 2.45) is 11.7 Å². The van der Waals surface area contributed by atoms with E-state index in [0.717, 1.165) is 38.1 Å². The molecule has 0 aliphatic heterocycles. The Morgan fingerprint density at radius 2 is 2.00 bits per heavy atom. The molecule has 0 atom stereocenters. The SMILES string of the molecule is CCOC(C)(C)c1noc(C2CCC(CN)CC2)n1. The van der Waals surface area contributed by atoms with Crippen molar-refractivity contribution >= 4 is 0 Å². The third-order valence-electron chi connectivity index (χ3n) is 4.01. The molecule has 19 heavy (non-hydrogen) atoms. The number of hydrogen-bond acceptors (Lipinski definition) is 5. The number of rotatable bonds is 5. The smallest absolute Gasteiger partial charge is 0.229 e. The van der Waals surface area contributed by atoms with Crippen LogP contribution in [0, 0.1) is 5.92 Å². The van der Waals surface area contributed by atoms with Crippen LogP contribution in [0.2, 0.25) is 0 Å². The Morgan fingerprint density at radius 3 is 2.58 bits per heavy atom. The van der Waals surface area contributed by atoms with E-state index >= 15 is 0 Å². The van der Waals surface area contributed by atoms with Crippen LogP contribution in [0.25, 0.3) is 0 Å². The molecule has 1 heterocycles. The van der Waals surface area contributed by atoms with E-state index in [9.17, 15) is 0 Å². The van der Waals surface area contributed by atoms with E-state index in [1.54, 1.807) is 0 Å². The lowest BCUT2D eigenvalue weighted by atomic mass is 9.82. The van der Waals surface area contributed by atoms with Gasteiger partial charge in [0.05, 0.1) is 0 Å². The quantitative estimate of drug-likeness (QED) is 0.887. The van der Waals surface area contributed by atoms with Gasteiger partial charge in [0, 0.05) is 12.5 Å². The van der Waals surface area contributed by atoms with E-state index in [1.807, 2.05) is 20.8 Å². The van der Waals surface area contributed by atoms with Crippen molar-refractivity contribution in [3.05, 3.63) is 11.7 Å².